The number of aliphatic imine (C=N–C) groups is 1. The minimum absolute atomic E-state index is 0.0215. The number of hydrogen-bond donors (Lipinski definition) is 2. The summed E-state index contributed by atoms with van der Waals surface area (Å²) >= 11 is 0. The number of fused-ring (bicyclic) bond motifs is 1. The molecule has 3 heterocycles. The monoisotopic (exact) mass is 547 g/mol. The minimum Gasteiger partial charge on any atom is -0.369 e. The van der Waals surface area contributed by atoms with Crippen LogP contribution in [0.25, 0.3) is 0 Å². The molecule has 0 saturated heterocycles. The second kappa shape index (κ2) is 8.92. The number of allylic oxidation sites excluding steroid dienone is 1. The lowest BCUT2D eigenvalue weighted by atomic mass is 9.73. The molecule has 0 spiro atoms. The third kappa shape index (κ3) is 4.85. The Kier molecular flexibility index (Phi) is 6.45. The molecular formula is C22H19F6N5O3S. The molecule has 0 aliphatic carbocycles. The summed E-state index contributed by atoms with van der Waals surface area (Å²) in [4.78, 5) is 21.8. The van der Waals surface area contributed by atoms with Gasteiger partial charge in [-0.3, -0.25) is 14.7 Å². The summed E-state index contributed by atoms with van der Waals surface area (Å²) in [6.07, 6.45) is -9.23. The molecule has 1 aromatic heterocycles. The van der Waals surface area contributed by atoms with Crippen molar-refractivity contribution in [1.29, 1.82) is 0 Å². The van der Waals surface area contributed by atoms with E-state index in [4.69, 9.17) is 10.9 Å². The van der Waals surface area contributed by atoms with Crippen LogP contribution in [0.15, 0.2) is 58.2 Å². The van der Waals surface area contributed by atoms with Gasteiger partial charge < -0.3 is 5.73 Å². The number of alkyl halides is 6. The van der Waals surface area contributed by atoms with Gasteiger partial charge in [-0.1, -0.05) is 12.1 Å². The molecule has 0 radical (unpaired) electrons. The number of carbonyl (C=O) groups is 1. The van der Waals surface area contributed by atoms with Crippen LogP contribution in [-0.2, 0) is 39.4 Å². The maximum Gasteiger partial charge on any atom is 0.417 e. The van der Waals surface area contributed by atoms with Gasteiger partial charge in [-0.15, -0.1) is 0 Å². The Balaban J connectivity index is 1.91. The SMILES string of the molecule is NC(=O)C1(c2ccnc(S(N)(=O)=O)c2)C=C(C(F)(F)F)C=NC1N1CCc2cccc(C(F)(F)F)c2C1. The van der Waals surface area contributed by atoms with Crippen LogP contribution >= 0.6 is 0 Å². The van der Waals surface area contributed by atoms with Gasteiger partial charge >= 0.3 is 12.4 Å². The number of nitrogens with zero attached hydrogens (tertiary/aromatic N) is 3. The third-order valence-corrected chi connectivity index (χ3v) is 7.14. The molecule has 2 unspecified atom stereocenters. The number of pyridine rings is 1. The Morgan fingerprint density at radius 2 is 1.81 bits per heavy atom. The molecule has 0 saturated carbocycles. The quantitative estimate of drug-likeness (QED) is 0.568. The van der Waals surface area contributed by atoms with Crippen LogP contribution in [0.4, 0.5) is 26.3 Å². The highest BCUT2D eigenvalue weighted by atomic mass is 32.2. The first-order chi connectivity index (χ1) is 17.0. The van der Waals surface area contributed by atoms with Crippen LogP contribution in [0, 0.1) is 0 Å². The predicted molar refractivity (Wildman–Crippen MR) is 118 cm³/mol. The first-order valence-electron chi connectivity index (χ1n) is 10.6. The van der Waals surface area contributed by atoms with Crippen LogP contribution in [0.3, 0.4) is 0 Å². The van der Waals surface area contributed by atoms with Crippen molar-refractivity contribution in [3.8, 4) is 0 Å². The van der Waals surface area contributed by atoms with Crippen LogP contribution in [0.5, 0.6) is 0 Å². The first-order valence-corrected chi connectivity index (χ1v) is 12.1. The van der Waals surface area contributed by atoms with Gasteiger partial charge in [0, 0.05) is 25.5 Å². The number of halogens is 6. The van der Waals surface area contributed by atoms with Crippen molar-refractivity contribution in [1.82, 2.24) is 9.88 Å². The van der Waals surface area contributed by atoms with Crippen molar-refractivity contribution in [2.75, 3.05) is 6.54 Å². The van der Waals surface area contributed by atoms with Gasteiger partial charge in [-0.05, 0) is 47.4 Å². The van der Waals surface area contributed by atoms with Crippen LogP contribution in [-0.4, -0.2) is 49.3 Å². The van der Waals surface area contributed by atoms with E-state index in [0.717, 1.165) is 24.4 Å². The van der Waals surface area contributed by atoms with Gasteiger partial charge in [0.1, 0.15) is 11.6 Å². The van der Waals surface area contributed by atoms with Gasteiger partial charge in [0.2, 0.25) is 5.91 Å². The number of hydrogen-bond acceptors (Lipinski definition) is 6. The average molecular weight is 547 g/mol. The van der Waals surface area contributed by atoms with E-state index in [9.17, 15) is 39.6 Å². The largest absolute Gasteiger partial charge is 0.417 e. The smallest absolute Gasteiger partial charge is 0.369 e. The summed E-state index contributed by atoms with van der Waals surface area (Å²) in [5, 5.41) is 4.36. The van der Waals surface area contributed by atoms with E-state index < -0.39 is 62.6 Å². The van der Waals surface area contributed by atoms with Crippen LogP contribution < -0.4 is 10.9 Å². The highest BCUT2D eigenvalue weighted by Crippen LogP contribution is 2.43. The average Bonchev–Trinajstić information content (AvgIpc) is 2.81. The summed E-state index contributed by atoms with van der Waals surface area (Å²) < 4.78 is 106. The van der Waals surface area contributed by atoms with Crippen LogP contribution in [0.1, 0.15) is 22.3 Å². The Morgan fingerprint density at radius 3 is 2.41 bits per heavy atom. The molecule has 2 aromatic rings. The zero-order valence-electron chi connectivity index (χ0n) is 18.7. The Morgan fingerprint density at radius 1 is 1.11 bits per heavy atom. The second-order valence-corrected chi connectivity index (χ2v) is 10.1. The number of nitrogens with two attached hydrogens (primary N) is 2. The zero-order valence-corrected chi connectivity index (χ0v) is 19.5. The lowest BCUT2D eigenvalue weighted by molar-refractivity contribution is -0.139. The second-order valence-electron chi connectivity index (χ2n) is 8.57. The number of benzene rings is 1. The summed E-state index contributed by atoms with van der Waals surface area (Å²) in [5.74, 6) is -1.34. The molecule has 37 heavy (non-hydrogen) atoms. The van der Waals surface area contributed by atoms with Crippen molar-refractivity contribution < 1.29 is 39.6 Å². The molecule has 1 aromatic carbocycles. The number of dihydropyridines is 1. The van der Waals surface area contributed by atoms with E-state index in [2.05, 4.69) is 9.98 Å². The fourth-order valence-electron chi connectivity index (χ4n) is 4.63. The van der Waals surface area contributed by atoms with Gasteiger partial charge in [-0.25, -0.2) is 18.5 Å². The Labute approximate surface area is 206 Å². The topological polar surface area (TPSA) is 132 Å². The standard InChI is InChI=1S/C22H19F6N5O3S/c23-21(24,25)14-9-20(18(29)34,13-4-6-31-17(8-13)37(30,35)36)19(32-10-14)33-7-5-12-2-1-3-16(15(12)11-33)22(26,27)28/h1-4,6,8-10,19H,5,7,11H2,(H2,29,34)(H2,30,35,36). The number of rotatable bonds is 4. The maximum absolute atomic E-state index is 13.7. The Hall–Kier alpha value is -3.30. The maximum atomic E-state index is 13.7. The molecule has 8 nitrogen and oxygen atoms in total. The van der Waals surface area contributed by atoms with Gasteiger partial charge in [0.15, 0.2) is 5.03 Å². The van der Waals surface area contributed by atoms with Gasteiger partial charge in [0.25, 0.3) is 10.0 Å². The fraction of sp³-hybridized carbons (Fsp3) is 0.318. The highest BCUT2D eigenvalue weighted by Gasteiger charge is 2.52. The van der Waals surface area contributed by atoms with E-state index in [1.54, 1.807) is 0 Å². The number of primary sulfonamides is 1. The van der Waals surface area contributed by atoms with E-state index >= 15 is 0 Å². The third-order valence-electron chi connectivity index (χ3n) is 6.34. The summed E-state index contributed by atoms with van der Waals surface area (Å²) in [7, 11) is -4.45. The van der Waals surface area contributed by atoms with Gasteiger partial charge in [-0.2, -0.15) is 26.3 Å². The lowest BCUT2D eigenvalue weighted by Crippen LogP contribution is -2.58. The van der Waals surface area contributed by atoms with Crippen molar-refractivity contribution in [3.05, 3.63) is 70.4 Å². The minimum atomic E-state index is -4.97. The molecule has 2 atom stereocenters. The zero-order chi connectivity index (χ0) is 27.4. The molecule has 0 bridgehead atoms. The molecule has 4 N–H and O–H groups in total. The van der Waals surface area contributed by atoms with E-state index in [0.29, 0.717) is 17.9 Å². The van der Waals surface area contributed by atoms with Crippen molar-refractivity contribution in [2.24, 2.45) is 15.9 Å². The predicted octanol–water partition coefficient (Wildman–Crippen LogP) is 2.43. The summed E-state index contributed by atoms with van der Waals surface area (Å²) in [6.45, 7) is -0.391. The number of carbonyl (C=O) groups excluding carboxylic acids is 1. The van der Waals surface area contributed by atoms with E-state index in [1.807, 2.05) is 0 Å². The highest BCUT2D eigenvalue weighted by molar-refractivity contribution is 7.89. The molecular weight excluding hydrogens is 528 g/mol. The van der Waals surface area contributed by atoms with Crippen LogP contribution in [0.2, 0.25) is 0 Å². The molecule has 198 valence electrons. The lowest BCUT2D eigenvalue weighted by Gasteiger charge is -2.44. The fourth-order valence-corrected chi connectivity index (χ4v) is 5.13. The molecule has 0 fully saturated rings. The van der Waals surface area contributed by atoms with Gasteiger partial charge in [0.05, 0.1) is 11.1 Å². The summed E-state index contributed by atoms with van der Waals surface area (Å²) in [6, 6.07) is 5.54. The number of amides is 1. The number of aromatic nitrogens is 1. The molecule has 2 aliphatic heterocycles. The molecule has 15 heteroatoms. The normalized spacial score (nSPS) is 22.9. The number of primary amides is 1. The van der Waals surface area contributed by atoms with Crippen molar-refractivity contribution in [3.63, 3.8) is 0 Å². The summed E-state index contributed by atoms with van der Waals surface area (Å²) in [5.41, 5.74) is 0.924. The Bertz CT molecular complexity index is 1420. The first kappa shape index (κ1) is 26.8. The van der Waals surface area contributed by atoms with E-state index in [-0.39, 0.29) is 24.1 Å². The number of sulfonamides is 1. The van der Waals surface area contributed by atoms with E-state index in [1.165, 1.54) is 17.0 Å². The molecule has 2 aliphatic rings. The molecule has 1 amide bonds. The van der Waals surface area contributed by atoms with Crippen molar-refractivity contribution in [2.45, 2.75) is 41.9 Å². The molecule has 4 rings (SSSR count). The van der Waals surface area contributed by atoms with Crippen molar-refractivity contribution >= 4 is 22.1 Å².